The van der Waals surface area contributed by atoms with Crippen LogP contribution in [0.3, 0.4) is 0 Å². The first-order chi connectivity index (χ1) is 10.6. The number of rotatable bonds is 7. The van der Waals surface area contributed by atoms with E-state index in [9.17, 15) is 18.8 Å². The molecule has 0 aliphatic carbocycles. The first-order valence-corrected chi connectivity index (χ1v) is 7.38. The number of benzene rings is 1. The fraction of sp³-hybridized carbons (Fsp3) is 0.438. The van der Waals surface area contributed by atoms with Crippen molar-refractivity contribution in [3.8, 4) is 0 Å². The summed E-state index contributed by atoms with van der Waals surface area (Å²) in [6.45, 7) is 1.45. The van der Waals surface area contributed by atoms with Gasteiger partial charge in [-0.3, -0.25) is 18.9 Å². The van der Waals surface area contributed by atoms with Crippen molar-refractivity contribution in [1.29, 1.82) is 0 Å². The van der Waals surface area contributed by atoms with Crippen LogP contribution < -0.4 is 0 Å². The lowest BCUT2D eigenvalue weighted by Crippen LogP contribution is -2.35. The summed E-state index contributed by atoms with van der Waals surface area (Å²) in [6, 6.07) is 7.99. The van der Waals surface area contributed by atoms with Crippen molar-refractivity contribution in [3.05, 3.63) is 35.9 Å². The van der Waals surface area contributed by atoms with Gasteiger partial charge in [-0.2, -0.15) is 0 Å². The highest BCUT2D eigenvalue weighted by Gasteiger charge is 2.46. The Hall–Kier alpha value is -2.24. The summed E-state index contributed by atoms with van der Waals surface area (Å²) < 4.78 is 12.1. The molecule has 0 spiro atoms. The van der Waals surface area contributed by atoms with Gasteiger partial charge in [0.1, 0.15) is 0 Å². The van der Waals surface area contributed by atoms with E-state index in [-0.39, 0.29) is 6.54 Å². The number of unbranched alkanes of at least 4 members (excludes halogenated alkanes) is 2. The van der Waals surface area contributed by atoms with Gasteiger partial charge in [-0.1, -0.05) is 30.3 Å². The lowest BCUT2D eigenvalue weighted by atomic mass is 10.1. The normalized spacial score (nSPS) is 16.5. The Labute approximate surface area is 128 Å². The van der Waals surface area contributed by atoms with Gasteiger partial charge in [0.2, 0.25) is 0 Å². The molecular formula is C16H19FN2O3. The topological polar surface area (TPSA) is 57.7 Å². The van der Waals surface area contributed by atoms with Gasteiger partial charge in [0.25, 0.3) is 0 Å². The predicted molar refractivity (Wildman–Crippen MR) is 78.6 cm³/mol. The molecule has 4 amide bonds. The molecule has 118 valence electrons. The third kappa shape index (κ3) is 3.16. The molecule has 22 heavy (non-hydrogen) atoms. The maximum Gasteiger partial charge on any atom is 0.334 e. The number of hydrogen-bond acceptors (Lipinski definition) is 3. The fourth-order valence-electron chi connectivity index (χ4n) is 2.48. The van der Waals surface area contributed by atoms with Crippen molar-refractivity contribution in [3.63, 3.8) is 0 Å². The van der Waals surface area contributed by atoms with Gasteiger partial charge in [-0.15, -0.1) is 0 Å². The average molecular weight is 306 g/mol. The maximum absolute atomic E-state index is 12.3. The monoisotopic (exact) mass is 306 g/mol. The number of imide groups is 2. The Bertz CT molecular complexity index is 562. The van der Waals surface area contributed by atoms with Gasteiger partial charge in [0.15, 0.2) is 0 Å². The van der Waals surface area contributed by atoms with Crippen molar-refractivity contribution in [1.82, 2.24) is 9.80 Å². The SMILES string of the molecule is C[C@H](c1ccccc1)N1C(=O)C(=O)N(CCCCCF)C1=O. The van der Waals surface area contributed by atoms with Gasteiger partial charge in [0.05, 0.1) is 12.7 Å². The van der Waals surface area contributed by atoms with Gasteiger partial charge in [-0.05, 0) is 31.7 Å². The molecule has 5 nitrogen and oxygen atoms in total. The van der Waals surface area contributed by atoms with Crippen LogP contribution in [0.1, 0.15) is 37.8 Å². The van der Waals surface area contributed by atoms with E-state index in [1.807, 2.05) is 18.2 Å². The van der Waals surface area contributed by atoms with Crippen LogP contribution in [-0.4, -0.2) is 40.9 Å². The molecule has 6 heteroatoms. The molecular weight excluding hydrogens is 287 g/mol. The number of urea groups is 1. The van der Waals surface area contributed by atoms with Crippen molar-refractivity contribution in [2.75, 3.05) is 13.2 Å². The smallest absolute Gasteiger partial charge is 0.263 e. The Morgan fingerprint density at radius 1 is 1.00 bits per heavy atom. The highest BCUT2D eigenvalue weighted by molar-refractivity contribution is 6.44. The molecule has 0 saturated carbocycles. The summed E-state index contributed by atoms with van der Waals surface area (Å²) in [5.41, 5.74) is 0.788. The summed E-state index contributed by atoms with van der Waals surface area (Å²) in [4.78, 5) is 38.3. The molecule has 0 unspecified atom stereocenters. The largest absolute Gasteiger partial charge is 0.334 e. The van der Waals surface area contributed by atoms with Gasteiger partial charge in [0, 0.05) is 6.54 Å². The Morgan fingerprint density at radius 2 is 1.68 bits per heavy atom. The van der Waals surface area contributed by atoms with Crippen molar-refractivity contribution in [2.45, 2.75) is 32.2 Å². The molecule has 1 fully saturated rings. The Balaban J connectivity index is 2.08. The number of hydrogen-bond donors (Lipinski definition) is 0. The molecule has 1 aromatic rings. The minimum absolute atomic E-state index is 0.154. The zero-order valence-corrected chi connectivity index (χ0v) is 12.5. The van der Waals surface area contributed by atoms with Crippen LogP contribution in [0.2, 0.25) is 0 Å². The van der Waals surface area contributed by atoms with Crippen LogP contribution in [0.4, 0.5) is 9.18 Å². The number of alkyl halides is 1. The van der Waals surface area contributed by atoms with Gasteiger partial charge >= 0.3 is 17.8 Å². The van der Waals surface area contributed by atoms with Crippen molar-refractivity contribution in [2.24, 2.45) is 0 Å². The summed E-state index contributed by atoms with van der Waals surface area (Å²) in [5, 5.41) is 0. The summed E-state index contributed by atoms with van der Waals surface area (Å²) >= 11 is 0. The second kappa shape index (κ2) is 7.15. The maximum atomic E-state index is 12.3. The van der Waals surface area contributed by atoms with Crippen LogP contribution >= 0.6 is 0 Å². The lowest BCUT2D eigenvalue weighted by Gasteiger charge is -2.22. The van der Waals surface area contributed by atoms with Crippen molar-refractivity contribution < 1.29 is 18.8 Å². The van der Waals surface area contributed by atoms with E-state index in [0.29, 0.717) is 19.3 Å². The first kappa shape index (κ1) is 16.1. The molecule has 0 radical (unpaired) electrons. The number of amides is 4. The van der Waals surface area contributed by atoms with E-state index in [1.165, 1.54) is 0 Å². The minimum atomic E-state index is -0.799. The molecule has 0 aromatic heterocycles. The molecule has 1 aliphatic rings. The Kier molecular flexibility index (Phi) is 5.25. The summed E-state index contributed by atoms with van der Waals surface area (Å²) in [5.74, 6) is -1.60. The second-order valence-corrected chi connectivity index (χ2v) is 5.25. The molecule has 1 heterocycles. The van der Waals surface area contributed by atoms with Crippen LogP contribution in [0, 0.1) is 0 Å². The van der Waals surface area contributed by atoms with Crippen LogP contribution in [0.25, 0.3) is 0 Å². The highest BCUT2D eigenvalue weighted by Crippen LogP contribution is 2.26. The Morgan fingerprint density at radius 3 is 2.32 bits per heavy atom. The summed E-state index contributed by atoms with van der Waals surface area (Å²) in [7, 11) is 0. The number of carbonyl (C=O) groups excluding carboxylic acids is 3. The molecule has 1 atom stereocenters. The van der Waals surface area contributed by atoms with E-state index in [1.54, 1.807) is 19.1 Å². The second-order valence-electron chi connectivity index (χ2n) is 5.25. The molecule has 1 aliphatic heterocycles. The minimum Gasteiger partial charge on any atom is -0.263 e. The van der Waals surface area contributed by atoms with Crippen LogP contribution in [-0.2, 0) is 9.59 Å². The highest BCUT2D eigenvalue weighted by atomic mass is 19.1. The number of carbonyl (C=O) groups is 3. The quantitative estimate of drug-likeness (QED) is 0.442. The van der Waals surface area contributed by atoms with Crippen LogP contribution in [0.15, 0.2) is 30.3 Å². The lowest BCUT2D eigenvalue weighted by molar-refractivity contribution is -0.144. The first-order valence-electron chi connectivity index (χ1n) is 7.38. The van der Waals surface area contributed by atoms with E-state index < -0.39 is 30.6 Å². The number of halogens is 1. The average Bonchev–Trinajstić information content (AvgIpc) is 2.75. The molecule has 0 bridgehead atoms. The molecule has 1 aromatic carbocycles. The van der Waals surface area contributed by atoms with E-state index in [4.69, 9.17) is 0 Å². The van der Waals surface area contributed by atoms with E-state index in [2.05, 4.69) is 0 Å². The van der Waals surface area contributed by atoms with E-state index >= 15 is 0 Å². The van der Waals surface area contributed by atoms with Crippen LogP contribution in [0.5, 0.6) is 0 Å². The molecule has 1 saturated heterocycles. The van der Waals surface area contributed by atoms with Gasteiger partial charge in [-0.25, -0.2) is 9.69 Å². The standard InChI is InChI=1S/C16H19FN2O3/c1-12(13-8-4-2-5-9-13)19-15(21)14(20)18(16(19)22)11-7-3-6-10-17/h2,4-5,8-9,12H,3,6-7,10-11H2,1H3/t12-/m1/s1. The molecule has 0 N–H and O–H groups in total. The summed E-state index contributed by atoms with van der Waals surface area (Å²) in [6.07, 6.45) is 1.48. The fourth-order valence-corrected chi connectivity index (χ4v) is 2.48. The molecule has 2 rings (SSSR count). The third-order valence-corrected chi connectivity index (χ3v) is 3.77. The van der Waals surface area contributed by atoms with Crippen molar-refractivity contribution >= 4 is 17.8 Å². The zero-order valence-electron chi connectivity index (χ0n) is 12.5. The third-order valence-electron chi connectivity index (χ3n) is 3.77. The predicted octanol–water partition coefficient (Wildman–Crippen LogP) is 2.68. The number of nitrogens with zero attached hydrogens (tertiary/aromatic N) is 2. The zero-order chi connectivity index (χ0) is 16.1. The van der Waals surface area contributed by atoms with Gasteiger partial charge < -0.3 is 0 Å². The van der Waals surface area contributed by atoms with E-state index in [0.717, 1.165) is 15.4 Å².